The van der Waals surface area contributed by atoms with Gasteiger partial charge in [-0.25, -0.2) is 9.97 Å². The van der Waals surface area contributed by atoms with Crippen molar-refractivity contribution >= 4 is 22.8 Å². The summed E-state index contributed by atoms with van der Waals surface area (Å²) in [5, 5.41) is 4.39. The molecule has 1 aliphatic carbocycles. The summed E-state index contributed by atoms with van der Waals surface area (Å²) < 4.78 is 8.22. The van der Waals surface area contributed by atoms with Crippen molar-refractivity contribution in [2.45, 2.75) is 64.1 Å². The smallest absolute Gasteiger partial charge is 0.234 e. The lowest BCUT2D eigenvalue weighted by atomic mass is 9.89. The number of hydrogen-bond donors (Lipinski definition) is 3. The third-order valence-corrected chi connectivity index (χ3v) is 7.36. The van der Waals surface area contributed by atoms with Crippen molar-refractivity contribution in [2.75, 3.05) is 5.73 Å². The minimum absolute atomic E-state index is 0.269. The predicted molar refractivity (Wildman–Crippen MR) is 151 cm³/mol. The molecular weight excluding hydrogens is 476 g/mol. The number of primary amides is 1. The fourth-order valence-electron chi connectivity index (χ4n) is 5.48. The van der Waals surface area contributed by atoms with Crippen molar-refractivity contribution in [3.8, 4) is 22.6 Å². The Kier molecular flexibility index (Phi) is 7.60. The van der Waals surface area contributed by atoms with Gasteiger partial charge in [0, 0.05) is 23.8 Å². The van der Waals surface area contributed by atoms with Gasteiger partial charge in [0.1, 0.15) is 29.3 Å². The highest BCUT2D eigenvalue weighted by atomic mass is 16.5. The summed E-state index contributed by atoms with van der Waals surface area (Å²) in [6.07, 6.45) is 8.33. The molecular formula is C30H36N6O2. The Balaban J connectivity index is 1.35. The SMILES string of the molecule is CC(C)C[C@H](NC1CCC(n2cc(-c3ccc(Oc4ccccc4)cc3)c3c(N)ncnc32)CC1)C(N)=O. The largest absolute Gasteiger partial charge is 0.457 e. The van der Waals surface area contributed by atoms with Crippen LogP contribution >= 0.6 is 0 Å². The summed E-state index contributed by atoms with van der Waals surface area (Å²) >= 11 is 0. The van der Waals surface area contributed by atoms with Crippen LogP contribution in [0.2, 0.25) is 0 Å². The van der Waals surface area contributed by atoms with Crippen molar-refractivity contribution in [3.05, 3.63) is 67.1 Å². The first-order chi connectivity index (χ1) is 18.4. The molecule has 38 heavy (non-hydrogen) atoms. The molecule has 0 spiro atoms. The van der Waals surface area contributed by atoms with Gasteiger partial charge in [-0.05, 0) is 67.9 Å². The molecule has 1 aliphatic rings. The van der Waals surface area contributed by atoms with Gasteiger partial charge in [0.15, 0.2) is 0 Å². The molecule has 2 aromatic heterocycles. The molecule has 0 radical (unpaired) electrons. The molecule has 0 saturated heterocycles. The van der Waals surface area contributed by atoms with Gasteiger partial charge in [-0.3, -0.25) is 4.79 Å². The van der Waals surface area contributed by atoms with E-state index < -0.39 is 0 Å². The predicted octanol–water partition coefficient (Wildman–Crippen LogP) is 5.45. The topological polar surface area (TPSA) is 121 Å². The Bertz CT molecular complexity index is 1380. The van der Waals surface area contributed by atoms with Crippen molar-refractivity contribution in [2.24, 2.45) is 11.7 Å². The van der Waals surface area contributed by atoms with Crippen LogP contribution in [-0.4, -0.2) is 32.5 Å². The second-order valence-electron chi connectivity index (χ2n) is 10.6. The number of para-hydroxylation sites is 1. The first kappa shape index (κ1) is 25.7. The number of anilines is 1. The van der Waals surface area contributed by atoms with Gasteiger partial charge in [0.05, 0.1) is 11.4 Å². The minimum Gasteiger partial charge on any atom is -0.457 e. The standard InChI is InChI=1S/C30H36N6O2/c1-19(2)16-26(29(32)37)35-21-10-12-22(13-11-21)36-17-25(27-28(31)33-18-34-30(27)36)20-8-14-24(15-9-20)38-23-6-4-3-5-7-23/h3-9,14-15,17-19,21-22,26,35H,10-13,16H2,1-2H3,(H2,32,37)(H2,31,33,34)/t21?,22?,26-/m0/s1. The van der Waals surface area contributed by atoms with E-state index in [4.69, 9.17) is 16.2 Å². The number of rotatable bonds is 9. The van der Waals surface area contributed by atoms with Gasteiger partial charge in [-0.2, -0.15) is 0 Å². The molecule has 2 aromatic carbocycles. The van der Waals surface area contributed by atoms with E-state index in [1.54, 1.807) is 0 Å². The number of fused-ring (bicyclic) bond motifs is 1. The maximum Gasteiger partial charge on any atom is 0.234 e. The molecule has 8 heteroatoms. The van der Waals surface area contributed by atoms with Crippen LogP contribution < -0.4 is 21.5 Å². The molecule has 1 saturated carbocycles. The van der Waals surface area contributed by atoms with E-state index in [-0.39, 0.29) is 24.0 Å². The number of hydrogen-bond acceptors (Lipinski definition) is 6. The van der Waals surface area contributed by atoms with Crippen molar-refractivity contribution in [1.29, 1.82) is 0 Å². The second-order valence-corrected chi connectivity index (χ2v) is 10.6. The average molecular weight is 513 g/mol. The van der Waals surface area contributed by atoms with Crippen LogP contribution in [0, 0.1) is 5.92 Å². The maximum atomic E-state index is 11.9. The number of benzene rings is 2. The quantitative estimate of drug-likeness (QED) is 0.274. The molecule has 5 rings (SSSR count). The van der Waals surface area contributed by atoms with Crippen LogP contribution in [0.1, 0.15) is 52.0 Å². The summed E-state index contributed by atoms with van der Waals surface area (Å²) in [6, 6.07) is 18.0. The second kappa shape index (κ2) is 11.2. The molecule has 1 atom stereocenters. The Morgan fingerprint density at radius 1 is 1.03 bits per heavy atom. The van der Waals surface area contributed by atoms with Gasteiger partial charge >= 0.3 is 0 Å². The molecule has 4 aromatic rings. The van der Waals surface area contributed by atoms with E-state index in [0.29, 0.717) is 11.7 Å². The average Bonchev–Trinajstić information content (AvgIpc) is 3.30. The Morgan fingerprint density at radius 2 is 1.71 bits per heavy atom. The zero-order chi connectivity index (χ0) is 26.6. The monoisotopic (exact) mass is 512 g/mol. The van der Waals surface area contributed by atoms with Crippen LogP contribution in [0.15, 0.2) is 67.1 Å². The summed E-state index contributed by atoms with van der Waals surface area (Å²) in [5.41, 5.74) is 14.9. The summed E-state index contributed by atoms with van der Waals surface area (Å²) in [5.74, 6) is 2.18. The molecule has 2 heterocycles. The highest BCUT2D eigenvalue weighted by Crippen LogP contribution is 2.38. The molecule has 0 aliphatic heterocycles. The zero-order valence-electron chi connectivity index (χ0n) is 22.0. The Hall–Kier alpha value is -3.91. The third-order valence-electron chi connectivity index (χ3n) is 7.36. The summed E-state index contributed by atoms with van der Waals surface area (Å²) in [7, 11) is 0. The summed E-state index contributed by atoms with van der Waals surface area (Å²) in [6.45, 7) is 4.22. The van der Waals surface area contributed by atoms with Crippen LogP contribution in [0.25, 0.3) is 22.2 Å². The lowest BCUT2D eigenvalue weighted by molar-refractivity contribution is -0.120. The number of amides is 1. The van der Waals surface area contributed by atoms with Crippen molar-refractivity contribution in [3.63, 3.8) is 0 Å². The molecule has 0 bridgehead atoms. The van der Waals surface area contributed by atoms with E-state index in [9.17, 15) is 4.79 Å². The number of nitrogens with one attached hydrogen (secondary N) is 1. The molecule has 0 unspecified atom stereocenters. The number of nitrogens with two attached hydrogens (primary N) is 2. The summed E-state index contributed by atoms with van der Waals surface area (Å²) in [4.78, 5) is 20.9. The minimum atomic E-state index is -0.281. The van der Waals surface area contributed by atoms with E-state index in [1.165, 1.54) is 6.33 Å². The fraction of sp³-hybridized carbons (Fsp3) is 0.367. The van der Waals surface area contributed by atoms with Crippen LogP contribution in [0.4, 0.5) is 5.82 Å². The van der Waals surface area contributed by atoms with E-state index in [1.807, 2.05) is 54.6 Å². The molecule has 1 amide bonds. The maximum absolute atomic E-state index is 11.9. The van der Waals surface area contributed by atoms with E-state index >= 15 is 0 Å². The van der Waals surface area contributed by atoms with Gasteiger partial charge in [0.2, 0.25) is 5.91 Å². The van der Waals surface area contributed by atoms with Crippen LogP contribution in [0.5, 0.6) is 11.5 Å². The Morgan fingerprint density at radius 3 is 2.37 bits per heavy atom. The number of carbonyl (C=O) groups is 1. The van der Waals surface area contributed by atoms with Gasteiger partial charge in [0.25, 0.3) is 0 Å². The van der Waals surface area contributed by atoms with Crippen LogP contribution in [-0.2, 0) is 4.79 Å². The van der Waals surface area contributed by atoms with Crippen molar-refractivity contribution < 1.29 is 9.53 Å². The lowest BCUT2D eigenvalue weighted by Gasteiger charge is -2.32. The number of ether oxygens (including phenoxy) is 1. The number of nitrogens with zero attached hydrogens (tertiary/aromatic N) is 3. The highest BCUT2D eigenvalue weighted by Gasteiger charge is 2.28. The van der Waals surface area contributed by atoms with E-state index in [2.05, 4.69) is 39.9 Å². The van der Waals surface area contributed by atoms with Gasteiger partial charge < -0.3 is 26.1 Å². The van der Waals surface area contributed by atoms with E-state index in [0.717, 1.165) is 65.8 Å². The fourth-order valence-corrected chi connectivity index (χ4v) is 5.48. The number of nitrogen functional groups attached to an aromatic ring is 1. The number of carbonyl (C=O) groups excluding carboxylic acids is 1. The molecule has 1 fully saturated rings. The van der Waals surface area contributed by atoms with Crippen molar-refractivity contribution in [1.82, 2.24) is 19.9 Å². The first-order valence-electron chi connectivity index (χ1n) is 13.4. The molecule has 5 N–H and O–H groups in total. The first-order valence-corrected chi connectivity index (χ1v) is 13.4. The Labute approximate surface area is 223 Å². The third kappa shape index (κ3) is 5.65. The zero-order valence-corrected chi connectivity index (χ0v) is 22.0. The highest BCUT2D eigenvalue weighted by molar-refractivity contribution is 6.00. The molecule has 8 nitrogen and oxygen atoms in total. The van der Waals surface area contributed by atoms with Gasteiger partial charge in [-0.1, -0.05) is 44.2 Å². The normalized spacial score (nSPS) is 18.5. The van der Waals surface area contributed by atoms with Crippen LogP contribution in [0.3, 0.4) is 0 Å². The number of aromatic nitrogens is 3. The molecule has 198 valence electrons. The van der Waals surface area contributed by atoms with Gasteiger partial charge in [-0.15, -0.1) is 0 Å². The lowest BCUT2D eigenvalue weighted by Crippen LogP contribution is -2.48.